The zero-order valence-corrected chi connectivity index (χ0v) is 10.9. The summed E-state index contributed by atoms with van der Waals surface area (Å²) in [5.41, 5.74) is 4.33. The minimum absolute atomic E-state index is 0.329. The fraction of sp³-hybridized carbons (Fsp3) is 0.529. The van der Waals surface area contributed by atoms with Gasteiger partial charge in [-0.15, -0.1) is 0 Å². The molecule has 6 rings (SSSR count). The highest BCUT2D eigenvalue weighted by molar-refractivity contribution is 5.68. The summed E-state index contributed by atoms with van der Waals surface area (Å²) in [5.74, 6) is 2.73. The predicted octanol–water partition coefficient (Wildman–Crippen LogP) is 3.99. The first kappa shape index (κ1) is 10.4. The van der Waals surface area contributed by atoms with E-state index in [9.17, 15) is 10.2 Å². The second kappa shape index (κ2) is 3.17. The lowest BCUT2D eigenvalue weighted by Crippen LogP contribution is -2.19. The standard InChI is InChI=1S/C17H18O2/c18-16-12-8-1-2-9(4-3-8)13(12)17(19)15-11-6-5-10(7-11)14(15)16/h1-2,8-11,18-19H,3-7H2. The molecule has 0 spiro atoms. The van der Waals surface area contributed by atoms with Crippen molar-refractivity contribution < 1.29 is 10.2 Å². The van der Waals surface area contributed by atoms with Gasteiger partial charge in [-0.3, -0.25) is 0 Å². The maximum Gasteiger partial charge on any atom is 0.123 e. The van der Waals surface area contributed by atoms with Crippen LogP contribution in [0.1, 0.15) is 78.0 Å². The van der Waals surface area contributed by atoms with Crippen LogP contribution in [0.5, 0.6) is 11.5 Å². The molecule has 1 saturated carbocycles. The van der Waals surface area contributed by atoms with Crippen molar-refractivity contribution in [2.75, 3.05) is 0 Å². The number of hydrogen-bond acceptors (Lipinski definition) is 2. The number of aromatic hydroxyl groups is 2. The molecule has 2 N–H and O–H groups in total. The zero-order valence-electron chi connectivity index (χ0n) is 10.9. The second-order valence-electron chi connectivity index (χ2n) is 6.73. The van der Waals surface area contributed by atoms with Gasteiger partial charge in [-0.05, 0) is 43.9 Å². The van der Waals surface area contributed by atoms with Gasteiger partial charge in [0, 0.05) is 34.1 Å². The molecule has 0 heterocycles. The summed E-state index contributed by atoms with van der Waals surface area (Å²) in [6, 6.07) is 0. The Labute approximate surface area is 112 Å². The molecule has 4 atom stereocenters. The third-order valence-corrected chi connectivity index (χ3v) is 5.96. The van der Waals surface area contributed by atoms with Gasteiger partial charge in [0.25, 0.3) is 0 Å². The van der Waals surface area contributed by atoms with E-state index in [2.05, 4.69) is 12.2 Å². The Morgan fingerprint density at radius 2 is 1.16 bits per heavy atom. The van der Waals surface area contributed by atoms with Gasteiger partial charge >= 0.3 is 0 Å². The van der Waals surface area contributed by atoms with E-state index in [1.54, 1.807) is 0 Å². The van der Waals surface area contributed by atoms with Crippen molar-refractivity contribution in [3.8, 4) is 11.5 Å². The van der Waals surface area contributed by atoms with Crippen LogP contribution in [0.2, 0.25) is 0 Å². The number of allylic oxidation sites excluding steroid dienone is 2. The molecule has 19 heavy (non-hydrogen) atoms. The highest BCUT2D eigenvalue weighted by Gasteiger charge is 2.45. The summed E-state index contributed by atoms with van der Waals surface area (Å²) < 4.78 is 0. The number of benzene rings is 1. The van der Waals surface area contributed by atoms with E-state index in [1.807, 2.05) is 0 Å². The van der Waals surface area contributed by atoms with Crippen molar-refractivity contribution in [1.82, 2.24) is 0 Å². The largest absolute Gasteiger partial charge is 0.507 e. The van der Waals surface area contributed by atoms with E-state index >= 15 is 0 Å². The Bertz CT molecular complexity index is 576. The molecule has 1 aromatic carbocycles. The van der Waals surface area contributed by atoms with E-state index in [-0.39, 0.29) is 0 Å². The first-order chi connectivity index (χ1) is 9.25. The van der Waals surface area contributed by atoms with Crippen molar-refractivity contribution >= 4 is 0 Å². The van der Waals surface area contributed by atoms with E-state index in [1.165, 1.54) is 12.8 Å². The molecule has 1 aromatic rings. The van der Waals surface area contributed by atoms with Crippen LogP contribution in [0.4, 0.5) is 0 Å². The van der Waals surface area contributed by atoms with Gasteiger partial charge in [-0.1, -0.05) is 12.2 Å². The summed E-state index contributed by atoms with van der Waals surface area (Å²) in [4.78, 5) is 0. The monoisotopic (exact) mass is 254 g/mol. The number of rotatable bonds is 0. The molecular weight excluding hydrogens is 236 g/mol. The summed E-state index contributed by atoms with van der Waals surface area (Å²) in [6.07, 6.45) is 10.2. The van der Waals surface area contributed by atoms with Gasteiger partial charge in [0.15, 0.2) is 0 Å². The van der Waals surface area contributed by atoms with Crippen LogP contribution in [0, 0.1) is 0 Å². The summed E-state index contributed by atoms with van der Waals surface area (Å²) in [7, 11) is 0. The Balaban J connectivity index is 1.87. The van der Waals surface area contributed by atoms with Gasteiger partial charge in [0.2, 0.25) is 0 Å². The molecule has 0 aromatic heterocycles. The Morgan fingerprint density at radius 1 is 0.684 bits per heavy atom. The van der Waals surface area contributed by atoms with E-state index in [0.717, 1.165) is 41.5 Å². The van der Waals surface area contributed by atoms with Crippen LogP contribution < -0.4 is 0 Å². The molecule has 0 saturated heterocycles. The number of hydrogen-bond donors (Lipinski definition) is 2. The third kappa shape index (κ3) is 1.06. The Morgan fingerprint density at radius 3 is 1.58 bits per heavy atom. The lowest BCUT2D eigenvalue weighted by atomic mass is 9.68. The molecule has 2 nitrogen and oxygen atoms in total. The van der Waals surface area contributed by atoms with Crippen molar-refractivity contribution in [2.24, 2.45) is 0 Å². The van der Waals surface area contributed by atoms with Crippen molar-refractivity contribution in [2.45, 2.75) is 55.8 Å². The first-order valence-corrected chi connectivity index (χ1v) is 7.55. The fourth-order valence-corrected chi connectivity index (χ4v) is 5.18. The summed E-state index contributed by atoms with van der Waals surface area (Å²) >= 11 is 0. The van der Waals surface area contributed by atoms with Crippen molar-refractivity contribution in [1.29, 1.82) is 0 Å². The highest BCUT2D eigenvalue weighted by atomic mass is 16.3. The molecule has 0 aliphatic heterocycles. The van der Waals surface area contributed by atoms with E-state index in [4.69, 9.17) is 0 Å². The fourth-order valence-electron chi connectivity index (χ4n) is 5.18. The van der Waals surface area contributed by atoms with Gasteiger partial charge in [0.1, 0.15) is 11.5 Å². The molecule has 4 unspecified atom stereocenters. The molecule has 2 heteroatoms. The Kier molecular flexibility index (Phi) is 1.73. The minimum Gasteiger partial charge on any atom is -0.507 e. The van der Waals surface area contributed by atoms with Gasteiger partial charge in [-0.2, -0.15) is 0 Å². The first-order valence-electron chi connectivity index (χ1n) is 7.55. The third-order valence-electron chi connectivity index (χ3n) is 5.96. The molecule has 4 bridgehead atoms. The molecule has 0 radical (unpaired) electrons. The quantitative estimate of drug-likeness (QED) is 0.543. The smallest absolute Gasteiger partial charge is 0.123 e. The lowest BCUT2D eigenvalue weighted by molar-refractivity contribution is 0.407. The average molecular weight is 254 g/mol. The predicted molar refractivity (Wildman–Crippen MR) is 73.0 cm³/mol. The Hall–Kier alpha value is -1.44. The van der Waals surface area contributed by atoms with Gasteiger partial charge < -0.3 is 10.2 Å². The van der Waals surface area contributed by atoms with Gasteiger partial charge in [0.05, 0.1) is 0 Å². The van der Waals surface area contributed by atoms with E-state index < -0.39 is 0 Å². The van der Waals surface area contributed by atoms with Crippen LogP contribution in [-0.4, -0.2) is 10.2 Å². The maximum atomic E-state index is 10.8. The van der Waals surface area contributed by atoms with Crippen molar-refractivity contribution in [3.63, 3.8) is 0 Å². The van der Waals surface area contributed by atoms with Crippen LogP contribution in [0.25, 0.3) is 0 Å². The molecule has 5 aliphatic carbocycles. The SMILES string of the molecule is Oc1c2c(c(O)c3c1C1CCC3C1)C1C=CC2CC1. The molecule has 1 fully saturated rings. The summed E-state index contributed by atoms with van der Waals surface area (Å²) in [5, 5.41) is 21.6. The van der Waals surface area contributed by atoms with E-state index in [0.29, 0.717) is 35.2 Å². The topological polar surface area (TPSA) is 40.5 Å². The number of fused-ring (bicyclic) bond motifs is 6. The van der Waals surface area contributed by atoms with Crippen molar-refractivity contribution in [3.05, 3.63) is 34.4 Å². The molecular formula is C17H18O2. The second-order valence-corrected chi connectivity index (χ2v) is 6.73. The molecule has 98 valence electrons. The van der Waals surface area contributed by atoms with Gasteiger partial charge in [-0.25, -0.2) is 0 Å². The molecule has 5 aliphatic rings. The summed E-state index contributed by atoms with van der Waals surface area (Å²) in [6.45, 7) is 0. The normalized spacial score (nSPS) is 36.6. The highest BCUT2D eigenvalue weighted by Crippen LogP contribution is 2.63. The zero-order chi connectivity index (χ0) is 12.7. The average Bonchev–Trinajstić information content (AvgIpc) is 3.06. The van der Waals surface area contributed by atoms with Crippen LogP contribution in [0.15, 0.2) is 12.2 Å². The maximum absolute atomic E-state index is 10.8. The van der Waals surface area contributed by atoms with Crippen LogP contribution >= 0.6 is 0 Å². The number of phenols is 2. The number of phenolic OH excluding ortho intramolecular Hbond substituents is 2. The van der Waals surface area contributed by atoms with Crippen LogP contribution in [-0.2, 0) is 0 Å². The minimum atomic E-state index is 0.329. The van der Waals surface area contributed by atoms with Crippen LogP contribution in [0.3, 0.4) is 0 Å². The lowest BCUT2D eigenvalue weighted by Gasteiger charge is -2.36. The molecule has 0 amide bonds.